The number of aryl methyl sites for hydroxylation is 3. The van der Waals surface area contributed by atoms with Crippen LogP contribution in [0.25, 0.3) is 54.5 Å². The summed E-state index contributed by atoms with van der Waals surface area (Å²) in [6, 6.07) is 23.4. The van der Waals surface area contributed by atoms with E-state index in [1.165, 1.54) is 16.7 Å². The number of aromatic nitrogens is 2. The third kappa shape index (κ3) is 4.93. The van der Waals surface area contributed by atoms with Gasteiger partial charge < -0.3 is 14.4 Å². The zero-order valence-corrected chi connectivity index (χ0v) is 24.1. The molecule has 1 radical (unpaired) electrons. The minimum Gasteiger partial charge on any atom is -0.499 e. The Bertz CT molecular complexity index is 2090. The largest absolute Gasteiger partial charge is 0.499 e. The predicted octanol–water partition coefficient (Wildman–Crippen LogP) is 9.13. The fraction of sp³-hybridized carbons (Fsp3) is 0.0909. The zero-order valence-electron chi connectivity index (χ0n) is 24.9. The summed E-state index contributed by atoms with van der Waals surface area (Å²) in [5.41, 5.74) is 7.66. The maximum Gasteiger partial charge on any atom is 0.138 e. The number of furan rings is 1. The molecule has 5 heteroatoms. The first-order valence-electron chi connectivity index (χ1n) is 13.8. The summed E-state index contributed by atoms with van der Waals surface area (Å²) < 4.78 is 38.8. The van der Waals surface area contributed by atoms with Gasteiger partial charge in [-0.2, -0.15) is 0 Å². The van der Waals surface area contributed by atoms with Gasteiger partial charge in [0.25, 0.3) is 0 Å². The Morgan fingerprint density at radius 3 is 2.55 bits per heavy atom. The number of hydrogen-bond acceptors (Lipinski definition) is 4. The van der Waals surface area contributed by atoms with Gasteiger partial charge in [-0.25, -0.2) is 0 Å². The first-order chi connectivity index (χ1) is 19.7. The summed E-state index contributed by atoms with van der Waals surface area (Å²) in [4.78, 5) is 8.47. The van der Waals surface area contributed by atoms with Gasteiger partial charge in [-0.3, -0.25) is 0 Å². The van der Waals surface area contributed by atoms with E-state index in [1.54, 1.807) is 17.4 Å². The minimum atomic E-state index is -0.351. The van der Waals surface area contributed by atoms with E-state index in [-0.39, 0.29) is 50.1 Å². The molecule has 0 bridgehead atoms. The monoisotopic (exact) mass is 693 g/mol. The van der Waals surface area contributed by atoms with Crippen LogP contribution in [0.15, 0.2) is 94.9 Å². The van der Waals surface area contributed by atoms with Crippen molar-refractivity contribution in [3.8, 4) is 22.5 Å². The zero-order chi connectivity index (χ0) is 28.8. The van der Waals surface area contributed by atoms with E-state index >= 15 is 0 Å². The topological polar surface area (TPSA) is 38.9 Å². The van der Waals surface area contributed by atoms with E-state index in [4.69, 9.17) is 9.90 Å². The maximum absolute atomic E-state index is 8.17. The Labute approximate surface area is 245 Å². The Morgan fingerprint density at radius 1 is 0.868 bits per heavy atom. The Balaban J connectivity index is 0.000000189. The van der Waals surface area contributed by atoms with E-state index in [9.17, 15) is 0 Å². The van der Waals surface area contributed by atoms with E-state index in [0.717, 1.165) is 37.7 Å². The molecule has 0 N–H and O–H groups in total. The van der Waals surface area contributed by atoms with E-state index in [0.29, 0.717) is 11.1 Å². The second kappa shape index (κ2) is 11.0. The third-order valence-corrected chi connectivity index (χ3v) is 7.27. The van der Waals surface area contributed by atoms with Gasteiger partial charge in [-0.05, 0) is 53.7 Å². The van der Waals surface area contributed by atoms with Crippen molar-refractivity contribution in [2.45, 2.75) is 20.8 Å². The molecule has 4 aromatic heterocycles. The SMILES string of the molecule is Cc1c[c-]c(-c2cc(C)c(C)cn2)cc1.[2H]c1nc(-c2[c-]ccc3c2oc2c3ccc3ccsc32)c([2H])c([2H])c1[2H].[Ir]. The van der Waals surface area contributed by atoms with Crippen LogP contribution in [0.4, 0.5) is 0 Å². The maximum atomic E-state index is 8.17. The smallest absolute Gasteiger partial charge is 0.138 e. The molecule has 4 heterocycles. The van der Waals surface area contributed by atoms with Crippen LogP contribution in [-0.4, -0.2) is 9.97 Å². The van der Waals surface area contributed by atoms with Crippen LogP contribution in [0.3, 0.4) is 0 Å². The van der Waals surface area contributed by atoms with Crippen LogP contribution < -0.4 is 0 Å². The summed E-state index contributed by atoms with van der Waals surface area (Å²) in [7, 11) is 0. The normalized spacial score (nSPS) is 12.3. The molecule has 0 saturated carbocycles. The van der Waals surface area contributed by atoms with Crippen molar-refractivity contribution in [2.24, 2.45) is 0 Å². The number of nitrogens with zero attached hydrogens (tertiary/aromatic N) is 2. The third-order valence-electron chi connectivity index (χ3n) is 6.34. The second-order valence-corrected chi connectivity index (χ2v) is 9.78. The number of pyridine rings is 2. The van der Waals surface area contributed by atoms with Gasteiger partial charge in [0.2, 0.25) is 0 Å². The van der Waals surface area contributed by atoms with E-state index in [1.807, 2.05) is 41.9 Å². The average molecular weight is 693 g/mol. The van der Waals surface area contributed by atoms with Crippen molar-refractivity contribution < 1.29 is 30.0 Å². The molecule has 38 heavy (non-hydrogen) atoms. The van der Waals surface area contributed by atoms with Crippen LogP contribution in [0.1, 0.15) is 22.2 Å². The van der Waals surface area contributed by atoms with Crippen molar-refractivity contribution in [1.29, 1.82) is 0 Å². The summed E-state index contributed by atoms with van der Waals surface area (Å²) in [5, 5.41) is 4.95. The molecule has 0 unspecified atom stereocenters. The quantitative estimate of drug-likeness (QED) is 0.170. The molecule has 0 aliphatic heterocycles. The van der Waals surface area contributed by atoms with Gasteiger partial charge in [0.1, 0.15) is 5.58 Å². The van der Waals surface area contributed by atoms with Crippen molar-refractivity contribution in [3.63, 3.8) is 0 Å². The van der Waals surface area contributed by atoms with Crippen LogP contribution in [0, 0.1) is 32.9 Å². The van der Waals surface area contributed by atoms with Gasteiger partial charge in [0, 0.05) is 37.9 Å². The molecule has 7 aromatic rings. The molecule has 0 spiro atoms. The number of thiophene rings is 1. The number of hydrogen-bond donors (Lipinski definition) is 0. The molecule has 0 amide bonds. The molecule has 0 aliphatic rings. The number of rotatable bonds is 2. The first kappa shape index (κ1) is 21.3. The van der Waals surface area contributed by atoms with Crippen molar-refractivity contribution >= 4 is 43.4 Å². The van der Waals surface area contributed by atoms with E-state index in [2.05, 4.69) is 61.1 Å². The summed E-state index contributed by atoms with van der Waals surface area (Å²) in [5.74, 6) is 0. The molecule has 0 saturated heterocycles. The number of fused-ring (bicyclic) bond motifs is 5. The van der Waals surface area contributed by atoms with Crippen LogP contribution in [-0.2, 0) is 20.1 Å². The minimum absolute atomic E-state index is 0. The molecule has 3 nitrogen and oxygen atoms in total. The van der Waals surface area contributed by atoms with Gasteiger partial charge in [0.05, 0.1) is 15.8 Å². The Kier molecular flexibility index (Phi) is 6.17. The van der Waals surface area contributed by atoms with Gasteiger partial charge in [-0.15, -0.1) is 64.9 Å². The van der Waals surface area contributed by atoms with Crippen molar-refractivity contribution in [2.75, 3.05) is 0 Å². The van der Waals surface area contributed by atoms with Gasteiger partial charge >= 0.3 is 0 Å². The molecule has 189 valence electrons. The van der Waals surface area contributed by atoms with Crippen molar-refractivity contribution in [1.82, 2.24) is 9.97 Å². The molecular formula is C33H24IrN2OS-2. The fourth-order valence-electron chi connectivity index (χ4n) is 4.18. The summed E-state index contributed by atoms with van der Waals surface area (Å²) >= 11 is 1.60. The standard InChI is InChI=1S/C19H10NOS.C14H14N.Ir/c1-2-10-20-16(6-1)15-5-3-4-13-14-8-7-12-9-11-22-19(12)18(14)21-17(13)15;1-10-4-6-13(7-5-10)14-8-11(2)12(3)9-15-14;/h1-4,6-11H;4-6,8-9H,1-3H3;/q2*-1;/i1D,2D,6D,10D;;. The molecule has 7 rings (SSSR count). The van der Waals surface area contributed by atoms with Crippen molar-refractivity contribution in [3.05, 3.63) is 119 Å². The number of benzene rings is 3. The fourth-order valence-corrected chi connectivity index (χ4v) is 5.06. The Hall–Kier alpha value is -3.63. The van der Waals surface area contributed by atoms with Crippen LogP contribution >= 0.6 is 11.3 Å². The summed E-state index contributed by atoms with van der Waals surface area (Å²) in [6.45, 7) is 6.24. The van der Waals surface area contributed by atoms with Gasteiger partial charge in [0.15, 0.2) is 0 Å². The Morgan fingerprint density at radius 2 is 1.74 bits per heavy atom. The molecular weight excluding hydrogens is 665 g/mol. The molecule has 0 aliphatic carbocycles. The molecule has 3 aromatic carbocycles. The van der Waals surface area contributed by atoms with Gasteiger partial charge in [-0.1, -0.05) is 53.7 Å². The second-order valence-electron chi connectivity index (χ2n) is 8.86. The van der Waals surface area contributed by atoms with E-state index < -0.39 is 0 Å². The predicted molar refractivity (Wildman–Crippen MR) is 154 cm³/mol. The summed E-state index contributed by atoms with van der Waals surface area (Å²) in [6.07, 6.45) is 1.58. The van der Waals surface area contributed by atoms with Crippen LogP contribution in [0.2, 0.25) is 0 Å². The molecule has 0 fully saturated rings. The van der Waals surface area contributed by atoms with Crippen LogP contribution in [0.5, 0.6) is 0 Å². The molecule has 0 atom stereocenters. The first-order valence-corrected chi connectivity index (χ1v) is 12.7. The average Bonchev–Trinajstić information content (AvgIpc) is 3.61.